The lowest BCUT2D eigenvalue weighted by Gasteiger charge is -2.29. The van der Waals surface area contributed by atoms with Gasteiger partial charge in [0.2, 0.25) is 6.34 Å². The van der Waals surface area contributed by atoms with E-state index in [0.29, 0.717) is 0 Å². The van der Waals surface area contributed by atoms with Gasteiger partial charge in [0.05, 0.1) is 10.6 Å². The minimum Gasteiger partial charge on any atom is -1.00 e. The van der Waals surface area contributed by atoms with Gasteiger partial charge in [-0.3, -0.25) is 10.1 Å². The van der Waals surface area contributed by atoms with E-state index in [2.05, 4.69) is 27.7 Å². The van der Waals surface area contributed by atoms with Crippen molar-refractivity contribution >= 4 is 51.7 Å². The summed E-state index contributed by atoms with van der Waals surface area (Å²) in [6.07, 6.45) is 1.80. The van der Waals surface area contributed by atoms with Crippen LogP contribution in [0.5, 0.6) is 0 Å². The fraction of sp³-hybridized carbons (Fsp3) is 0. The van der Waals surface area contributed by atoms with Crippen LogP contribution in [0.2, 0.25) is 0 Å². The summed E-state index contributed by atoms with van der Waals surface area (Å²) < 4.78 is 1.14. The van der Waals surface area contributed by atoms with Gasteiger partial charge in [0.15, 0.2) is 5.69 Å². The maximum Gasteiger partial charge on any atom is 0.269 e. The molecule has 1 aliphatic heterocycles. The Hall–Kier alpha value is -2.69. The summed E-state index contributed by atoms with van der Waals surface area (Å²) in [6, 6.07) is 24.5. The number of nitrogens with one attached hydrogen (secondary N) is 1. The molecule has 1 N–H and O–H groups in total. The number of para-hydroxylation sites is 1. The summed E-state index contributed by atoms with van der Waals surface area (Å²) in [6.45, 7) is 0. The van der Waals surface area contributed by atoms with Crippen LogP contribution in [0.4, 0.5) is 22.7 Å². The molecule has 142 valence electrons. The number of halogens is 2. The Kier molecular flexibility index (Phi) is 6.12. The number of non-ortho nitro benzene ring substituents is 1. The average Bonchev–Trinajstić information content (AvgIpc) is 3.14. The number of hydrazone groups is 1. The van der Waals surface area contributed by atoms with E-state index < -0.39 is 4.92 Å². The van der Waals surface area contributed by atoms with E-state index in [1.165, 1.54) is 12.1 Å². The molecule has 4 rings (SSSR count). The predicted molar refractivity (Wildman–Crippen MR) is 113 cm³/mol. The zero-order valence-corrected chi connectivity index (χ0v) is 17.4. The number of anilines is 2. The number of hydrogen-bond donors (Lipinski definition) is 1. The van der Waals surface area contributed by atoms with E-state index in [1.54, 1.807) is 23.6 Å². The number of rotatable bonds is 4. The highest BCUT2D eigenvalue weighted by molar-refractivity contribution is 14.1. The smallest absolute Gasteiger partial charge is 0.269 e. The molecule has 0 aliphatic carbocycles. The average molecular weight is 508 g/mol. The van der Waals surface area contributed by atoms with Crippen molar-refractivity contribution in [3.8, 4) is 0 Å². The van der Waals surface area contributed by atoms with Crippen molar-refractivity contribution in [3.05, 3.63) is 92.5 Å². The Balaban J connectivity index is 0.00000225. The number of nitro benzene ring substituents is 1. The van der Waals surface area contributed by atoms with E-state index in [4.69, 9.17) is 0 Å². The SMILES string of the molecule is O=[N+]([O-])c1ccc(N2N=C[NH+](c3ccccc3)N2c2ccc(I)cc2)cc1.[Cl-]. The topological polar surface area (TPSA) is 66.4 Å². The largest absolute Gasteiger partial charge is 1.00 e. The third-order valence-corrected chi connectivity index (χ3v) is 4.86. The zero-order chi connectivity index (χ0) is 18.8. The van der Waals surface area contributed by atoms with Crippen LogP contribution in [0.25, 0.3) is 0 Å². The summed E-state index contributed by atoms with van der Waals surface area (Å²) in [4.78, 5) is 10.5. The molecule has 3 aromatic rings. The number of nitro groups is 1. The molecule has 1 heterocycles. The summed E-state index contributed by atoms with van der Waals surface area (Å²) in [5.41, 5.74) is 2.77. The van der Waals surface area contributed by atoms with Crippen LogP contribution in [0.15, 0.2) is 84.0 Å². The molecule has 0 aromatic heterocycles. The van der Waals surface area contributed by atoms with E-state index in [1.807, 2.05) is 59.7 Å². The van der Waals surface area contributed by atoms with Gasteiger partial charge >= 0.3 is 0 Å². The molecule has 9 heteroatoms. The summed E-state index contributed by atoms with van der Waals surface area (Å²) in [5.74, 6) is 0. The lowest BCUT2D eigenvalue weighted by Crippen LogP contribution is -3.13. The number of hydrazine groups is 1. The quantitative estimate of drug-likeness (QED) is 0.318. The molecule has 0 saturated heterocycles. The van der Waals surface area contributed by atoms with Crippen LogP contribution < -0.4 is 27.7 Å². The van der Waals surface area contributed by atoms with Gasteiger partial charge in [-0.15, -0.1) is 10.1 Å². The number of hydrogen-bond acceptors (Lipinski definition) is 5. The fourth-order valence-corrected chi connectivity index (χ4v) is 3.20. The third kappa shape index (κ3) is 3.93. The van der Waals surface area contributed by atoms with E-state index in [9.17, 15) is 10.1 Å². The van der Waals surface area contributed by atoms with Gasteiger partial charge in [0.1, 0.15) is 5.69 Å². The molecule has 1 unspecified atom stereocenters. The second-order valence-electron chi connectivity index (χ2n) is 5.85. The first-order chi connectivity index (χ1) is 13.1. The predicted octanol–water partition coefficient (Wildman–Crippen LogP) is 0.520. The maximum absolute atomic E-state index is 10.9. The number of nitrogens with zero attached hydrogens (tertiary/aromatic N) is 4. The molecule has 0 amide bonds. The van der Waals surface area contributed by atoms with E-state index in [-0.39, 0.29) is 18.1 Å². The Bertz CT molecular complexity index is 983. The van der Waals surface area contributed by atoms with Crippen LogP contribution in [-0.2, 0) is 0 Å². The number of benzene rings is 3. The fourth-order valence-electron chi connectivity index (χ4n) is 2.84. The Labute approximate surface area is 181 Å². The van der Waals surface area contributed by atoms with Crippen LogP contribution in [-0.4, -0.2) is 11.3 Å². The van der Waals surface area contributed by atoms with Crippen molar-refractivity contribution in [2.24, 2.45) is 5.10 Å². The summed E-state index contributed by atoms with van der Waals surface area (Å²) in [7, 11) is 0. The summed E-state index contributed by atoms with van der Waals surface area (Å²) >= 11 is 2.27. The first kappa shape index (κ1) is 20.1. The van der Waals surface area contributed by atoms with Crippen molar-refractivity contribution in [1.29, 1.82) is 0 Å². The molecule has 1 atom stereocenters. The second kappa shape index (κ2) is 8.55. The monoisotopic (exact) mass is 507 g/mol. The molecule has 0 bridgehead atoms. The Morgan fingerprint density at radius 3 is 2.11 bits per heavy atom. The normalized spacial score (nSPS) is 15.4. The van der Waals surface area contributed by atoms with Gasteiger partial charge in [0.25, 0.3) is 5.69 Å². The van der Waals surface area contributed by atoms with Crippen molar-refractivity contribution in [3.63, 3.8) is 0 Å². The summed E-state index contributed by atoms with van der Waals surface area (Å²) in [5, 5.41) is 20.1. The minimum absolute atomic E-state index is 0. The van der Waals surface area contributed by atoms with Crippen LogP contribution >= 0.6 is 22.6 Å². The highest BCUT2D eigenvalue weighted by atomic mass is 127. The molecule has 0 spiro atoms. The van der Waals surface area contributed by atoms with E-state index in [0.717, 1.165) is 25.6 Å². The second-order valence-corrected chi connectivity index (χ2v) is 7.09. The first-order valence-electron chi connectivity index (χ1n) is 8.20. The Morgan fingerprint density at radius 1 is 0.893 bits per heavy atom. The van der Waals surface area contributed by atoms with Gasteiger partial charge in [0, 0.05) is 27.8 Å². The zero-order valence-electron chi connectivity index (χ0n) is 14.4. The molecule has 0 radical (unpaired) electrons. The highest BCUT2D eigenvalue weighted by Gasteiger charge is 2.34. The molecule has 0 fully saturated rings. The van der Waals surface area contributed by atoms with Crippen molar-refractivity contribution < 1.29 is 22.3 Å². The van der Waals surface area contributed by atoms with Crippen molar-refractivity contribution in [2.45, 2.75) is 0 Å². The number of quaternary nitrogens is 1. The molecular weight excluding hydrogens is 493 g/mol. The highest BCUT2D eigenvalue weighted by Crippen LogP contribution is 2.25. The standard InChI is InChI=1S/C19H14IN5O2.ClH/c20-15-6-8-18(9-7-15)24-22(16-4-2-1-3-5-16)14-21-23(24)17-10-12-19(13-11-17)25(26)27;/h1-14H;1H. The van der Waals surface area contributed by atoms with Gasteiger partial charge in [-0.2, -0.15) is 0 Å². The van der Waals surface area contributed by atoms with Gasteiger partial charge in [-0.1, -0.05) is 28.4 Å². The first-order valence-corrected chi connectivity index (χ1v) is 9.28. The van der Waals surface area contributed by atoms with Gasteiger partial charge < -0.3 is 12.4 Å². The van der Waals surface area contributed by atoms with Crippen molar-refractivity contribution in [1.82, 2.24) is 0 Å². The molecule has 3 aromatic carbocycles. The minimum atomic E-state index is -0.407. The van der Waals surface area contributed by atoms with Crippen molar-refractivity contribution in [2.75, 3.05) is 10.2 Å². The molecule has 28 heavy (non-hydrogen) atoms. The lowest BCUT2D eigenvalue weighted by molar-refractivity contribution is -0.729. The van der Waals surface area contributed by atoms with E-state index >= 15 is 0 Å². The van der Waals surface area contributed by atoms with Crippen LogP contribution in [0.3, 0.4) is 0 Å². The molecule has 0 saturated carbocycles. The maximum atomic E-state index is 10.9. The molecule has 7 nitrogen and oxygen atoms in total. The molecular formula is C19H15ClIN5O2. The molecule has 1 aliphatic rings. The van der Waals surface area contributed by atoms with Crippen LogP contribution in [0, 0.1) is 13.7 Å². The van der Waals surface area contributed by atoms with Gasteiger partial charge in [-0.05, 0) is 59.0 Å². The van der Waals surface area contributed by atoms with Gasteiger partial charge in [-0.25, -0.2) is 0 Å². The lowest BCUT2D eigenvalue weighted by atomic mass is 10.3. The Morgan fingerprint density at radius 2 is 1.50 bits per heavy atom. The van der Waals surface area contributed by atoms with Crippen LogP contribution in [0.1, 0.15) is 0 Å². The third-order valence-electron chi connectivity index (χ3n) is 4.14.